The predicted octanol–water partition coefficient (Wildman–Crippen LogP) is 1.71. The second-order valence-corrected chi connectivity index (χ2v) is 5.27. The number of benzene rings is 1. The van der Waals surface area contributed by atoms with Crippen molar-refractivity contribution < 1.29 is 23.9 Å². The Kier molecular flexibility index (Phi) is 4.23. The van der Waals surface area contributed by atoms with Gasteiger partial charge in [0.1, 0.15) is 5.75 Å². The van der Waals surface area contributed by atoms with Gasteiger partial charge in [0.15, 0.2) is 5.66 Å². The van der Waals surface area contributed by atoms with Crippen molar-refractivity contribution in [2.24, 2.45) is 0 Å². The van der Waals surface area contributed by atoms with Crippen molar-refractivity contribution in [1.82, 2.24) is 0 Å². The molecule has 17 heavy (non-hydrogen) atoms. The first-order valence-corrected chi connectivity index (χ1v) is 6.48. The molecule has 0 bridgehead atoms. The minimum absolute atomic E-state index is 0.0688. The Morgan fingerprint density at radius 2 is 1.88 bits per heavy atom. The molecule has 0 radical (unpaired) electrons. The maximum absolute atomic E-state index is 11.6. The van der Waals surface area contributed by atoms with Gasteiger partial charge in [-0.1, -0.05) is 30.4 Å². The maximum Gasteiger partial charge on any atom is 0.343 e. The molecule has 2 N–H and O–H groups in total. The Hall–Kier alpha value is -1.42. The van der Waals surface area contributed by atoms with E-state index in [4.69, 9.17) is 14.5 Å². The largest absolute Gasteiger partial charge is 0.426 e. The number of esters is 1. The van der Waals surface area contributed by atoms with Gasteiger partial charge in [-0.25, -0.2) is 0 Å². The normalized spacial score (nSPS) is 12.9. The Labute approximate surface area is 98.9 Å². The third-order valence-corrected chi connectivity index (χ3v) is 3.31. The molecule has 1 atom stereocenters. The lowest BCUT2D eigenvalue weighted by Crippen LogP contribution is -2.26. The van der Waals surface area contributed by atoms with E-state index in [1.54, 1.807) is 18.2 Å². The van der Waals surface area contributed by atoms with Crippen LogP contribution in [0.5, 0.6) is 5.75 Å². The molecule has 0 amide bonds. The van der Waals surface area contributed by atoms with E-state index in [1.807, 2.05) is 0 Å². The average Bonchev–Trinajstić information content (AvgIpc) is 2.15. The van der Waals surface area contributed by atoms with Gasteiger partial charge in [0.05, 0.1) is 0 Å². The van der Waals surface area contributed by atoms with E-state index in [1.165, 1.54) is 19.1 Å². The highest BCUT2D eigenvalue weighted by Gasteiger charge is 2.38. The van der Waals surface area contributed by atoms with Gasteiger partial charge in [0.25, 0.3) is 0 Å². The molecule has 0 saturated heterocycles. The zero-order valence-electron chi connectivity index (χ0n) is 9.24. The van der Waals surface area contributed by atoms with Crippen LogP contribution in [0.1, 0.15) is 6.92 Å². The van der Waals surface area contributed by atoms with E-state index < -0.39 is 19.2 Å². The van der Waals surface area contributed by atoms with E-state index in [0.717, 1.165) is 0 Å². The smallest absolute Gasteiger partial charge is 0.343 e. The van der Waals surface area contributed by atoms with Gasteiger partial charge >= 0.3 is 13.6 Å². The second-order valence-electron chi connectivity index (χ2n) is 3.57. The van der Waals surface area contributed by atoms with E-state index in [9.17, 15) is 9.36 Å². The molecule has 1 unspecified atom stereocenters. The lowest BCUT2D eigenvalue weighted by Gasteiger charge is -2.16. The van der Waals surface area contributed by atoms with Gasteiger partial charge < -0.3 is 14.5 Å². The highest BCUT2D eigenvalue weighted by atomic mass is 31.2. The summed E-state index contributed by atoms with van der Waals surface area (Å²) in [6.07, 6.45) is 0. The minimum Gasteiger partial charge on any atom is -0.426 e. The van der Waals surface area contributed by atoms with Gasteiger partial charge in [0.2, 0.25) is 0 Å². The van der Waals surface area contributed by atoms with Crippen LogP contribution in [0.25, 0.3) is 0 Å². The molecule has 1 aromatic rings. The van der Waals surface area contributed by atoms with Crippen LogP contribution in [-0.4, -0.2) is 21.4 Å². The van der Waals surface area contributed by atoms with Gasteiger partial charge in [-0.3, -0.25) is 9.36 Å². The SMILES string of the molecule is C=C(C)C(C(=O)Oc1ccccc1)P(=O)(O)O. The van der Waals surface area contributed by atoms with Crippen molar-refractivity contribution in [1.29, 1.82) is 0 Å². The Balaban J connectivity index is 2.88. The molecule has 0 aliphatic carbocycles. The number of rotatable bonds is 4. The van der Waals surface area contributed by atoms with Crippen LogP contribution in [0.3, 0.4) is 0 Å². The minimum atomic E-state index is -4.60. The molecule has 1 rings (SSSR count). The summed E-state index contributed by atoms with van der Waals surface area (Å²) < 4.78 is 16.0. The molecule has 1 aromatic carbocycles. The fourth-order valence-electron chi connectivity index (χ4n) is 1.29. The van der Waals surface area contributed by atoms with Gasteiger partial charge in [0, 0.05) is 0 Å². The van der Waals surface area contributed by atoms with Crippen LogP contribution < -0.4 is 4.74 Å². The van der Waals surface area contributed by atoms with E-state index in [0.29, 0.717) is 0 Å². The fourth-order valence-corrected chi connectivity index (χ4v) is 2.19. The third-order valence-electron chi connectivity index (χ3n) is 1.99. The lowest BCUT2D eigenvalue weighted by molar-refractivity contribution is -0.133. The summed E-state index contributed by atoms with van der Waals surface area (Å²) in [6.45, 7) is 4.76. The molecule has 0 spiro atoms. The van der Waals surface area contributed by atoms with Crippen LogP contribution in [0, 0.1) is 0 Å². The average molecular weight is 256 g/mol. The first kappa shape index (κ1) is 13.6. The summed E-state index contributed by atoms with van der Waals surface area (Å²) in [6, 6.07) is 8.07. The van der Waals surface area contributed by atoms with Crippen molar-refractivity contribution >= 4 is 13.6 Å². The van der Waals surface area contributed by atoms with Gasteiger partial charge in [-0.05, 0) is 19.1 Å². The quantitative estimate of drug-likeness (QED) is 0.371. The molecule has 5 nitrogen and oxygen atoms in total. The highest BCUT2D eigenvalue weighted by molar-refractivity contribution is 7.54. The van der Waals surface area contributed by atoms with E-state index in [-0.39, 0.29) is 11.3 Å². The zero-order chi connectivity index (χ0) is 13.1. The Morgan fingerprint density at radius 3 is 2.29 bits per heavy atom. The summed E-state index contributed by atoms with van der Waals surface area (Å²) in [5.41, 5.74) is -1.55. The van der Waals surface area contributed by atoms with Crippen molar-refractivity contribution in [3.05, 3.63) is 42.5 Å². The number of para-hydroxylation sites is 1. The molecule has 0 heterocycles. The summed E-state index contributed by atoms with van der Waals surface area (Å²) in [5.74, 6) is -0.769. The number of hydrogen-bond acceptors (Lipinski definition) is 3. The molecule has 6 heteroatoms. The Morgan fingerprint density at radius 1 is 1.35 bits per heavy atom. The fraction of sp³-hybridized carbons (Fsp3) is 0.182. The van der Waals surface area contributed by atoms with Gasteiger partial charge in [-0.2, -0.15) is 0 Å². The van der Waals surface area contributed by atoms with Crippen molar-refractivity contribution in [3.8, 4) is 5.75 Å². The predicted molar refractivity (Wildman–Crippen MR) is 62.7 cm³/mol. The van der Waals surface area contributed by atoms with Crippen molar-refractivity contribution in [2.45, 2.75) is 12.6 Å². The van der Waals surface area contributed by atoms with Crippen LogP contribution in [-0.2, 0) is 9.36 Å². The first-order valence-electron chi connectivity index (χ1n) is 4.79. The second kappa shape index (κ2) is 5.27. The van der Waals surface area contributed by atoms with Crippen molar-refractivity contribution in [2.75, 3.05) is 0 Å². The molecular formula is C11H13O5P. The topological polar surface area (TPSA) is 83.8 Å². The number of carbonyl (C=O) groups excluding carboxylic acids is 1. The molecule has 0 fully saturated rings. The number of hydrogen-bond donors (Lipinski definition) is 2. The van der Waals surface area contributed by atoms with Crippen molar-refractivity contribution in [3.63, 3.8) is 0 Å². The lowest BCUT2D eigenvalue weighted by atomic mass is 10.2. The van der Waals surface area contributed by atoms with Crippen LogP contribution in [0.15, 0.2) is 42.5 Å². The maximum atomic E-state index is 11.6. The summed E-state index contributed by atoms with van der Waals surface area (Å²) >= 11 is 0. The van der Waals surface area contributed by atoms with E-state index in [2.05, 4.69) is 6.58 Å². The summed E-state index contributed by atoms with van der Waals surface area (Å²) in [5, 5.41) is 0. The number of ether oxygens (including phenoxy) is 1. The molecule has 0 aliphatic heterocycles. The van der Waals surface area contributed by atoms with Crippen LogP contribution >= 0.6 is 7.60 Å². The van der Waals surface area contributed by atoms with Crippen LogP contribution in [0.2, 0.25) is 0 Å². The Bertz CT molecular complexity index is 462. The third kappa shape index (κ3) is 3.82. The molecular weight excluding hydrogens is 243 g/mol. The molecule has 0 aromatic heterocycles. The number of carbonyl (C=O) groups is 1. The first-order chi connectivity index (χ1) is 7.82. The standard InChI is InChI=1S/C11H13O5P/c1-8(2)10(17(13,14)15)11(12)16-9-6-4-3-5-7-9/h3-7,10H,1H2,2H3,(H2,13,14,15). The molecule has 0 aliphatic rings. The molecule has 92 valence electrons. The zero-order valence-corrected chi connectivity index (χ0v) is 10.1. The van der Waals surface area contributed by atoms with Gasteiger partial charge in [-0.15, -0.1) is 0 Å². The molecule has 0 saturated carbocycles. The van der Waals surface area contributed by atoms with Crippen LogP contribution in [0.4, 0.5) is 0 Å². The highest BCUT2D eigenvalue weighted by Crippen LogP contribution is 2.44. The monoisotopic (exact) mass is 256 g/mol. The summed E-state index contributed by atoms with van der Waals surface area (Å²) in [7, 11) is -4.60. The van der Waals surface area contributed by atoms with E-state index >= 15 is 0 Å². The summed E-state index contributed by atoms with van der Waals surface area (Å²) in [4.78, 5) is 29.7.